The quantitative estimate of drug-likeness (QED) is 0.785. The number of nitrogens with zero attached hydrogens (tertiary/aromatic N) is 4. The molecule has 0 aliphatic carbocycles. The van der Waals surface area contributed by atoms with Crippen molar-refractivity contribution in [1.82, 2.24) is 19.8 Å². The Hall–Kier alpha value is -2.21. The Balaban J connectivity index is 2.08. The first-order chi connectivity index (χ1) is 11.0. The molecule has 6 nitrogen and oxygen atoms in total. The summed E-state index contributed by atoms with van der Waals surface area (Å²) < 4.78 is 5.75. The maximum atomic E-state index is 12.6. The molecule has 2 heterocycles. The largest absolute Gasteiger partial charge is 0.464 e. The Bertz CT molecular complexity index is 635. The summed E-state index contributed by atoms with van der Waals surface area (Å²) in [6, 6.07) is 1.85. The van der Waals surface area contributed by atoms with Crippen molar-refractivity contribution in [3.8, 4) is 0 Å². The monoisotopic (exact) mass is 316 g/mol. The van der Waals surface area contributed by atoms with Gasteiger partial charge >= 0.3 is 0 Å². The Morgan fingerprint density at radius 1 is 1.22 bits per heavy atom. The normalized spacial score (nSPS) is 11.0. The van der Waals surface area contributed by atoms with Gasteiger partial charge in [0.25, 0.3) is 5.91 Å². The van der Waals surface area contributed by atoms with Crippen molar-refractivity contribution in [2.45, 2.75) is 33.9 Å². The highest BCUT2D eigenvalue weighted by atomic mass is 16.3. The van der Waals surface area contributed by atoms with E-state index in [-0.39, 0.29) is 5.91 Å². The van der Waals surface area contributed by atoms with Crippen LogP contribution in [0.4, 0.5) is 0 Å². The lowest BCUT2D eigenvalue weighted by atomic mass is 10.2. The van der Waals surface area contributed by atoms with E-state index in [4.69, 9.17) is 4.42 Å². The zero-order valence-corrected chi connectivity index (χ0v) is 14.2. The van der Waals surface area contributed by atoms with E-state index in [2.05, 4.69) is 28.7 Å². The molecule has 0 saturated heterocycles. The lowest BCUT2D eigenvalue weighted by Crippen LogP contribution is -2.27. The van der Waals surface area contributed by atoms with Crippen molar-refractivity contribution in [1.29, 1.82) is 0 Å². The predicted molar refractivity (Wildman–Crippen MR) is 87.9 cm³/mol. The molecule has 6 heteroatoms. The number of carbonyl (C=O) groups excluding carboxylic acids is 1. The Labute approximate surface area is 137 Å². The van der Waals surface area contributed by atoms with E-state index in [1.807, 2.05) is 13.0 Å². The SMILES string of the molecule is CCN(CC)Cc1cc(C(=O)N(C)Cc2cnccn2)c(C)o1. The van der Waals surface area contributed by atoms with Gasteiger partial charge in [0.15, 0.2) is 0 Å². The van der Waals surface area contributed by atoms with Crippen LogP contribution in [0.15, 0.2) is 29.1 Å². The van der Waals surface area contributed by atoms with Crippen LogP contribution in [0.3, 0.4) is 0 Å². The van der Waals surface area contributed by atoms with Gasteiger partial charge in [0.2, 0.25) is 0 Å². The van der Waals surface area contributed by atoms with Crippen molar-refractivity contribution in [2.75, 3.05) is 20.1 Å². The summed E-state index contributed by atoms with van der Waals surface area (Å²) in [5.41, 5.74) is 1.37. The van der Waals surface area contributed by atoms with Crippen LogP contribution in [-0.2, 0) is 13.1 Å². The topological polar surface area (TPSA) is 62.5 Å². The van der Waals surface area contributed by atoms with Gasteiger partial charge in [-0.15, -0.1) is 0 Å². The van der Waals surface area contributed by atoms with Crippen LogP contribution in [0.2, 0.25) is 0 Å². The standard InChI is InChI=1S/C17H24N4O2/c1-5-21(6-2)12-15-9-16(13(3)23-15)17(22)20(4)11-14-10-18-7-8-19-14/h7-10H,5-6,11-12H2,1-4H3. The molecular formula is C17H24N4O2. The van der Waals surface area contributed by atoms with Gasteiger partial charge in [0.05, 0.1) is 30.5 Å². The summed E-state index contributed by atoms with van der Waals surface area (Å²) in [6.45, 7) is 9.09. The van der Waals surface area contributed by atoms with Gasteiger partial charge in [-0.05, 0) is 26.1 Å². The molecule has 0 fully saturated rings. The fraction of sp³-hybridized carbons (Fsp3) is 0.471. The number of amides is 1. The maximum absolute atomic E-state index is 12.6. The molecule has 2 aromatic rings. The van der Waals surface area contributed by atoms with Gasteiger partial charge in [0, 0.05) is 19.4 Å². The zero-order chi connectivity index (χ0) is 16.8. The number of carbonyl (C=O) groups is 1. The molecule has 124 valence electrons. The van der Waals surface area contributed by atoms with Gasteiger partial charge in [-0.2, -0.15) is 0 Å². The van der Waals surface area contributed by atoms with Crippen LogP contribution in [0.5, 0.6) is 0 Å². The van der Waals surface area contributed by atoms with E-state index in [1.165, 1.54) is 0 Å². The van der Waals surface area contributed by atoms with Gasteiger partial charge in [-0.3, -0.25) is 19.7 Å². The Morgan fingerprint density at radius 3 is 2.57 bits per heavy atom. The third-order valence-electron chi connectivity index (χ3n) is 3.84. The Morgan fingerprint density at radius 2 is 1.96 bits per heavy atom. The summed E-state index contributed by atoms with van der Waals surface area (Å²) in [4.78, 5) is 24.7. The smallest absolute Gasteiger partial charge is 0.257 e. The number of furan rings is 1. The summed E-state index contributed by atoms with van der Waals surface area (Å²) in [6.07, 6.45) is 4.90. The molecule has 0 radical (unpaired) electrons. The molecule has 0 bridgehead atoms. The first kappa shape index (κ1) is 17.1. The highest BCUT2D eigenvalue weighted by Crippen LogP contribution is 2.18. The lowest BCUT2D eigenvalue weighted by Gasteiger charge is -2.16. The van der Waals surface area contributed by atoms with Crippen LogP contribution >= 0.6 is 0 Å². The molecule has 0 aromatic carbocycles. The maximum Gasteiger partial charge on any atom is 0.257 e. The van der Waals surface area contributed by atoms with Gasteiger partial charge in [-0.25, -0.2) is 0 Å². The molecule has 0 N–H and O–H groups in total. The molecule has 2 aromatic heterocycles. The van der Waals surface area contributed by atoms with Crippen LogP contribution in [-0.4, -0.2) is 45.8 Å². The van der Waals surface area contributed by atoms with Crippen LogP contribution in [0.1, 0.15) is 41.4 Å². The average molecular weight is 316 g/mol. The molecule has 0 saturated carbocycles. The van der Waals surface area contributed by atoms with E-state index in [1.54, 1.807) is 30.5 Å². The minimum absolute atomic E-state index is 0.0669. The van der Waals surface area contributed by atoms with Crippen LogP contribution < -0.4 is 0 Å². The van der Waals surface area contributed by atoms with E-state index < -0.39 is 0 Å². The molecular weight excluding hydrogens is 292 g/mol. The minimum atomic E-state index is -0.0669. The van der Waals surface area contributed by atoms with E-state index in [0.29, 0.717) is 17.9 Å². The molecule has 0 aliphatic heterocycles. The van der Waals surface area contributed by atoms with E-state index in [0.717, 1.165) is 31.1 Å². The van der Waals surface area contributed by atoms with E-state index in [9.17, 15) is 4.79 Å². The molecule has 0 atom stereocenters. The number of rotatable bonds is 7. The summed E-state index contributed by atoms with van der Waals surface area (Å²) in [5.74, 6) is 1.41. The summed E-state index contributed by atoms with van der Waals surface area (Å²) in [7, 11) is 1.76. The second kappa shape index (κ2) is 7.87. The van der Waals surface area contributed by atoms with E-state index >= 15 is 0 Å². The highest BCUT2D eigenvalue weighted by Gasteiger charge is 2.19. The van der Waals surface area contributed by atoms with Crippen molar-refractivity contribution < 1.29 is 9.21 Å². The Kier molecular flexibility index (Phi) is 5.87. The van der Waals surface area contributed by atoms with Gasteiger partial charge in [0.1, 0.15) is 11.5 Å². The second-order valence-corrected chi connectivity index (χ2v) is 5.50. The third kappa shape index (κ3) is 4.39. The third-order valence-corrected chi connectivity index (χ3v) is 3.84. The fourth-order valence-corrected chi connectivity index (χ4v) is 2.43. The lowest BCUT2D eigenvalue weighted by molar-refractivity contribution is 0.0781. The van der Waals surface area contributed by atoms with Gasteiger partial charge in [-0.1, -0.05) is 13.8 Å². The summed E-state index contributed by atoms with van der Waals surface area (Å²) >= 11 is 0. The predicted octanol–water partition coefficient (Wildman–Crippen LogP) is 2.49. The number of hydrogen-bond acceptors (Lipinski definition) is 5. The molecule has 2 rings (SSSR count). The number of aryl methyl sites for hydroxylation is 1. The van der Waals surface area contributed by atoms with Crippen molar-refractivity contribution in [2.24, 2.45) is 0 Å². The first-order valence-corrected chi connectivity index (χ1v) is 7.87. The molecule has 23 heavy (non-hydrogen) atoms. The number of hydrogen-bond donors (Lipinski definition) is 0. The van der Waals surface area contributed by atoms with Crippen molar-refractivity contribution in [3.05, 3.63) is 47.4 Å². The van der Waals surface area contributed by atoms with Crippen molar-refractivity contribution in [3.63, 3.8) is 0 Å². The highest BCUT2D eigenvalue weighted by molar-refractivity contribution is 5.95. The second-order valence-electron chi connectivity index (χ2n) is 5.50. The summed E-state index contributed by atoms with van der Waals surface area (Å²) in [5, 5.41) is 0. The fourth-order valence-electron chi connectivity index (χ4n) is 2.43. The average Bonchev–Trinajstić information content (AvgIpc) is 2.93. The molecule has 1 amide bonds. The first-order valence-electron chi connectivity index (χ1n) is 7.87. The van der Waals surface area contributed by atoms with Crippen molar-refractivity contribution >= 4 is 5.91 Å². The number of aromatic nitrogens is 2. The zero-order valence-electron chi connectivity index (χ0n) is 14.2. The van der Waals surface area contributed by atoms with Gasteiger partial charge < -0.3 is 9.32 Å². The minimum Gasteiger partial charge on any atom is -0.464 e. The van der Waals surface area contributed by atoms with Crippen LogP contribution in [0.25, 0.3) is 0 Å². The molecule has 0 unspecified atom stereocenters. The van der Waals surface area contributed by atoms with Crippen LogP contribution in [0, 0.1) is 6.92 Å². The molecule has 0 aliphatic rings. The molecule has 0 spiro atoms.